The second-order valence-electron chi connectivity index (χ2n) is 13.7. The first-order valence-corrected chi connectivity index (χ1v) is 17.3. The molecule has 0 nitrogen and oxygen atoms in total. The van der Waals surface area contributed by atoms with Crippen LogP contribution < -0.4 is 0 Å². The zero-order chi connectivity index (χ0) is 31.0. The van der Waals surface area contributed by atoms with E-state index in [0.717, 1.165) is 19.3 Å². The minimum atomic E-state index is -0.0830. The molecular formula is C45H35Br. The third-order valence-electron chi connectivity index (χ3n) is 10.7. The van der Waals surface area contributed by atoms with Crippen molar-refractivity contribution < 1.29 is 0 Å². The van der Waals surface area contributed by atoms with Gasteiger partial charge in [0.05, 0.1) is 0 Å². The van der Waals surface area contributed by atoms with E-state index in [1.165, 1.54) is 86.9 Å². The molecule has 0 heterocycles. The molecule has 46 heavy (non-hydrogen) atoms. The van der Waals surface area contributed by atoms with Crippen molar-refractivity contribution in [1.29, 1.82) is 0 Å². The van der Waals surface area contributed by atoms with Crippen LogP contribution >= 0.6 is 15.9 Å². The highest BCUT2D eigenvalue weighted by molar-refractivity contribution is 9.15. The molecule has 9 rings (SSSR count). The normalized spacial score (nSPS) is 20.0. The molecule has 0 aromatic heterocycles. The number of halogens is 1. The fourth-order valence-electron chi connectivity index (χ4n) is 8.42. The molecule has 0 fully saturated rings. The van der Waals surface area contributed by atoms with Crippen molar-refractivity contribution in [3.8, 4) is 0 Å². The highest BCUT2D eigenvalue weighted by atomic mass is 79.9. The van der Waals surface area contributed by atoms with E-state index in [9.17, 15) is 0 Å². The van der Waals surface area contributed by atoms with Gasteiger partial charge in [0.15, 0.2) is 0 Å². The zero-order valence-corrected chi connectivity index (χ0v) is 27.9. The van der Waals surface area contributed by atoms with Crippen LogP contribution in [-0.2, 0) is 5.41 Å². The predicted octanol–water partition coefficient (Wildman–Crippen LogP) is 12.8. The van der Waals surface area contributed by atoms with E-state index in [1.54, 1.807) is 0 Å². The Hall–Kier alpha value is -4.46. The molecule has 0 amide bonds. The van der Waals surface area contributed by atoms with Crippen molar-refractivity contribution in [3.05, 3.63) is 173 Å². The molecule has 1 atom stereocenters. The fraction of sp³-hybridized carbons (Fsp3) is 0.156. The summed E-state index contributed by atoms with van der Waals surface area (Å²) in [5.41, 5.74) is 12.2. The maximum atomic E-state index is 4.14. The van der Waals surface area contributed by atoms with E-state index in [2.05, 4.69) is 163 Å². The Labute approximate surface area is 279 Å². The molecule has 4 aliphatic rings. The number of hydrogen-bond acceptors (Lipinski definition) is 0. The van der Waals surface area contributed by atoms with Gasteiger partial charge in [0.25, 0.3) is 0 Å². The van der Waals surface area contributed by atoms with Gasteiger partial charge in [-0.15, -0.1) is 0 Å². The molecule has 0 saturated heterocycles. The van der Waals surface area contributed by atoms with Crippen LogP contribution in [0, 0.1) is 5.92 Å². The Kier molecular flexibility index (Phi) is 6.37. The molecule has 0 saturated carbocycles. The maximum absolute atomic E-state index is 4.14. The molecule has 1 unspecified atom stereocenters. The summed E-state index contributed by atoms with van der Waals surface area (Å²) in [5.74, 6) is 0.470. The lowest BCUT2D eigenvalue weighted by molar-refractivity contribution is 0.642. The summed E-state index contributed by atoms with van der Waals surface area (Å²) >= 11 is 4.14. The number of fused-ring (bicyclic) bond motifs is 8. The topological polar surface area (TPSA) is 0 Å². The number of allylic oxidation sites excluding steroid dienone is 13. The monoisotopic (exact) mass is 654 g/mol. The van der Waals surface area contributed by atoms with Crippen molar-refractivity contribution in [3.63, 3.8) is 0 Å². The molecule has 0 spiro atoms. The molecular weight excluding hydrogens is 620 g/mol. The van der Waals surface area contributed by atoms with Gasteiger partial charge in [0.2, 0.25) is 0 Å². The number of rotatable bonds is 3. The SMILES string of the molecule is CC1(C)C(C2=C3C=CC=CC3CC=C2)=C(Br)c2cc(C3=CC(c4ccc5c6ccccc6c6ccccc6c5c4)=CCC3)ccc21. The Morgan fingerprint density at radius 2 is 1.41 bits per heavy atom. The Morgan fingerprint density at radius 3 is 2.17 bits per heavy atom. The summed E-state index contributed by atoms with van der Waals surface area (Å²) in [6.07, 6.45) is 21.8. The molecule has 1 heteroatoms. The molecule has 5 aromatic rings. The fourth-order valence-corrected chi connectivity index (χ4v) is 9.46. The Bertz CT molecular complexity index is 2330. The highest BCUT2D eigenvalue weighted by Gasteiger charge is 2.40. The largest absolute Gasteiger partial charge is 0.0830 e. The van der Waals surface area contributed by atoms with Gasteiger partial charge < -0.3 is 0 Å². The molecule has 222 valence electrons. The summed E-state index contributed by atoms with van der Waals surface area (Å²) in [5, 5.41) is 7.94. The lowest BCUT2D eigenvalue weighted by atomic mass is 9.73. The van der Waals surface area contributed by atoms with Crippen molar-refractivity contribution in [2.24, 2.45) is 5.92 Å². The van der Waals surface area contributed by atoms with Crippen molar-refractivity contribution >= 4 is 63.9 Å². The number of benzene rings is 5. The van der Waals surface area contributed by atoms with Gasteiger partial charge in [0.1, 0.15) is 0 Å². The minimum absolute atomic E-state index is 0.0830. The van der Waals surface area contributed by atoms with Gasteiger partial charge >= 0.3 is 0 Å². The van der Waals surface area contributed by atoms with E-state index < -0.39 is 0 Å². The van der Waals surface area contributed by atoms with E-state index in [-0.39, 0.29) is 5.41 Å². The Balaban J connectivity index is 1.13. The lowest BCUT2D eigenvalue weighted by Gasteiger charge is -2.30. The van der Waals surface area contributed by atoms with Gasteiger partial charge in [-0.2, -0.15) is 0 Å². The van der Waals surface area contributed by atoms with E-state index >= 15 is 0 Å². The van der Waals surface area contributed by atoms with Crippen LogP contribution in [0.25, 0.3) is 47.9 Å². The van der Waals surface area contributed by atoms with E-state index in [1.807, 2.05) is 0 Å². The zero-order valence-electron chi connectivity index (χ0n) is 26.3. The van der Waals surface area contributed by atoms with Gasteiger partial charge in [-0.1, -0.05) is 135 Å². The molecule has 4 aliphatic carbocycles. The highest BCUT2D eigenvalue weighted by Crippen LogP contribution is 2.54. The quantitative estimate of drug-likeness (QED) is 0.170. The van der Waals surface area contributed by atoms with Crippen LogP contribution in [0.5, 0.6) is 0 Å². The van der Waals surface area contributed by atoms with Gasteiger partial charge in [-0.05, 0) is 130 Å². The van der Waals surface area contributed by atoms with Crippen LogP contribution in [-0.4, -0.2) is 0 Å². The second kappa shape index (κ2) is 10.5. The average Bonchev–Trinajstić information content (AvgIpc) is 3.31. The van der Waals surface area contributed by atoms with Crippen LogP contribution in [0.4, 0.5) is 0 Å². The van der Waals surface area contributed by atoms with Gasteiger partial charge in [0, 0.05) is 15.8 Å². The molecule has 5 aromatic carbocycles. The van der Waals surface area contributed by atoms with Crippen molar-refractivity contribution in [2.45, 2.75) is 38.5 Å². The summed E-state index contributed by atoms with van der Waals surface area (Å²) in [6, 6.07) is 31.9. The van der Waals surface area contributed by atoms with Crippen LogP contribution in [0.3, 0.4) is 0 Å². The van der Waals surface area contributed by atoms with Crippen LogP contribution in [0.15, 0.2) is 150 Å². The van der Waals surface area contributed by atoms with Gasteiger partial charge in [-0.3, -0.25) is 0 Å². The first-order chi connectivity index (χ1) is 22.5. The van der Waals surface area contributed by atoms with Crippen molar-refractivity contribution in [2.75, 3.05) is 0 Å². The van der Waals surface area contributed by atoms with E-state index in [4.69, 9.17) is 0 Å². The Morgan fingerprint density at radius 1 is 0.717 bits per heavy atom. The lowest BCUT2D eigenvalue weighted by Crippen LogP contribution is -2.21. The molecule has 0 radical (unpaired) electrons. The first kappa shape index (κ1) is 27.8. The molecule has 0 aliphatic heterocycles. The summed E-state index contributed by atoms with van der Waals surface area (Å²) in [4.78, 5) is 0. The third-order valence-corrected chi connectivity index (χ3v) is 11.5. The molecule has 0 N–H and O–H groups in total. The summed E-state index contributed by atoms with van der Waals surface area (Å²) < 4.78 is 1.24. The minimum Gasteiger partial charge on any atom is -0.0830 e. The summed E-state index contributed by atoms with van der Waals surface area (Å²) in [6.45, 7) is 4.77. The third kappa shape index (κ3) is 4.18. The smallest absolute Gasteiger partial charge is 0.0298 e. The second-order valence-corrected chi connectivity index (χ2v) is 14.4. The predicted molar refractivity (Wildman–Crippen MR) is 202 cm³/mol. The number of hydrogen-bond donors (Lipinski definition) is 0. The standard InChI is InChI=1S/C45H35Br/c1-45(2)42-24-22-32(27-41(42)44(46)43(45)39-20-10-12-28-11-3-4-15-33(28)39)30-14-9-13-29(25-30)31-21-23-38-36-18-6-5-16-34(36)35-17-7-8-19-37(35)40(38)26-31/h3-8,10-11,13,15-28H,9,12,14H2,1-2H3. The van der Waals surface area contributed by atoms with Crippen molar-refractivity contribution in [1.82, 2.24) is 0 Å². The first-order valence-electron chi connectivity index (χ1n) is 16.5. The average molecular weight is 656 g/mol. The van der Waals surface area contributed by atoms with Crippen LogP contribution in [0.1, 0.15) is 55.4 Å². The molecule has 0 bridgehead atoms. The maximum Gasteiger partial charge on any atom is 0.0298 e. The van der Waals surface area contributed by atoms with Gasteiger partial charge in [-0.25, -0.2) is 0 Å². The van der Waals surface area contributed by atoms with E-state index in [0.29, 0.717) is 5.92 Å². The van der Waals surface area contributed by atoms with Crippen LogP contribution in [0.2, 0.25) is 0 Å². The summed E-state index contributed by atoms with van der Waals surface area (Å²) in [7, 11) is 0.